The van der Waals surface area contributed by atoms with Crippen molar-refractivity contribution in [3.63, 3.8) is 0 Å². The van der Waals surface area contributed by atoms with Crippen molar-refractivity contribution in [3.05, 3.63) is 0 Å². The molecular weight excluding hydrogens is 104 g/mol. The standard InChI is InChI=1S/C6H12S/c1-5(2)6(3)4-7-6/h5H,4H2,1-3H3. The normalized spacial score (nSPS) is 39.4. The van der Waals surface area contributed by atoms with Crippen LogP contribution in [0.25, 0.3) is 0 Å². The van der Waals surface area contributed by atoms with E-state index >= 15 is 0 Å². The highest BCUT2D eigenvalue weighted by atomic mass is 32.2. The van der Waals surface area contributed by atoms with Gasteiger partial charge in [0.2, 0.25) is 0 Å². The topological polar surface area (TPSA) is 0 Å². The molecule has 0 amide bonds. The summed E-state index contributed by atoms with van der Waals surface area (Å²) in [7, 11) is 0. The molecule has 1 atom stereocenters. The van der Waals surface area contributed by atoms with Gasteiger partial charge in [0.15, 0.2) is 0 Å². The van der Waals surface area contributed by atoms with E-state index in [0.717, 1.165) is 5.92 Å². The molecule has 0 aliphatic carbocycles. The molecule has 1 rings (SSSR count). The summed E-state index contributed by atoms with van der Waals surface area (Å²) in [6.07, 6.45) is 0. The monoisotopic (exact) mass is 116 g/mol. The van der Waals surface area contributed by atoms with Crippen molar-refractivity contribution in [2.75, 3.05) is 5.75 Å². The van der Waals surface area contributed by atoms with Crippen LogP contribution in [0.5, 0.6) is 0 Å². The fourth-order valence-corrected chi connectivity index (χ4v) is 1.34. The molecule has 1 aliphatic rings. The SMILES string of the molecule is CC(C)C1(C)CS1. The first-order valence-electron chi connectivity index (χ1n) is 2.79. The second-order valence-electron chi connectivity index (χ2n) is 2.76. The van der Waals surface area contributed by atoms with Gasteiger partial charge in [-0.05, 0) is 12.8 Å². The van der Waals surface area contributed by atoms with Gasteiger partial charge in [0.25, 0.3) is 0 Å². The highest BCUT2D eigenvalue weighted by molar-refractivity contribution is 8.07. The zero-order chi connectivity index (χ0) is 5.49. The number of hydrogen-bond acceptors (Lipinski definition) is 1. The van der Waals surface area contributed by atoms with Gasteiger partial charge in [0.05, 0.1) is 0 Å². The zero-order valence-corrected chi connectivity index (χ0v) is 6.01. The van der Waals surface area contributed by atoms with E-state index in [9.17, 15) is 0 Å². The summed E-state index contributed by atoms with van der Waals surface area (Å²) in [6, 6.07) is 0. The number of hydrogen-bond donors (Lipinski definition) is 0. The van der Waals surface area contributed by atoms with E-state index in [2.05, 4.69) is 32.5 Å². The van der Waals surface area contributed by atoms with Crippen LogP contribution >= 0.6 is 11.8 Å². The van der Waals surface area contributed by atoms with Crippen LogP contribution in [0.15, 0.2) is 0 Å². The van der Waals surface area contributed by atoms with Crippen LogP contribution in [-0.4, -0.2) is 10.5 Å². The second kappa shape index (κ2) is 1.41. The molecule has 0 nitrogen and oxygen atoms in total. The first-order chi connectivity index (χ1) is 3.15. The molecule has 7 heavy (non-hydrogen) atoms. The van der Waals surface area contributed by atoms with Crippen molar-refractivity contribution in [1.82, 2.24) is 0 Å². The molecule has 1 unspecified atom stereocenters. The van der Waals surface area contributed by atoms with Gasteiger partial charge in [-0.1, -0.05) is 13.8 Å². The lowest BCUT2D eigenvalue weighted by Crippen LogP contribution is -2.10. The lowest BCUT2D eigenvalue weighted by molar-refractivity contribution is 0.553. The van der Waals surface area contributed by atoms with Crippen LogP contribution in [0.1, 0.15) is 20.8 Å². The van der Waals surface area contributed by atoms with Gasteiger partial charge in [-0.15, -0.1) is 0 Å². The maximum absolute atomic E-state index is 2.34. The second-order valence-corrected chi connectivity index (χ2v) is 4.27. The molecule has 0 spiro atoms. The summed E-state index contributed by atoms with van der Waals surface area (Å²) in [4.78, 5) is 0. The quantitative estimate of drug-likeness (QED) is 0.473. The summed E-state index contributed by atoms with van der Waals surface area (Å²) in [5, 5.41) is 0. The third-order valence-corrected chi connectivity index (χ3v) is 3.49. The van der Waals surface area contributed by atoms with E-state index in [-0.39, 0.29) is 0 Å². The molecule has 1 heteroatoms. The summed E-state index contributed by atoms with van der Waals surface area (Å²) >= 11 is 2.08. The fourth-order valence-electron chi connectivity index (χ4n) is 0.447. The molecule has 1 aliphatic heterocycles. The Labute approximate surface area is 49.7 Å². The Bertz CT molecular complexity index is 72.2. The molecule has 0 aromatic rings. The maximum atomic E-state index is 2.34. The van der Waals surface area contributed by atoms with Crippen molar-refractivity contribution >= 4 is 11.8 Å². The molecule has 1 saturated heterocycles. The molecule has 0 radical (unpaired) electrons. The summed E-state index contributed by atoms with van der Waals surface area (Å²) in [6.45, 7) is 6.92. The van der Waals surface area contributed by atoms with Crippen LogP contribution in [0.2, 0.25) is 0 Å². The van der Waals surface area contributed by atoms with E-state index < -0.39 is 0 Å². The van der Waals surface area contributed by atoms with Gasteiger partial charge in [0, 0.05) is 10.5 Å². The Balaban J connectivity index is 2.39. The van der Waals surface area contributed by atoms with Crippen molar-refractivity contribution in [3.8, 4) is 0 Å². The van der Waals surface area contributed by atoms with Crippen LogP contribution in [-0.2, 0) is 0 Å². The summed E-state index contributed by atoms with van der Waals surface area (Å²) < 4.78 is 0.667. The first kappa shape index (κ1) is 5.49. The lowest BCUT2D eigenvalue weighted by atomic mass is 10.0. The van der Waals surface area contributed by atoms with Crippen molar-refractivity contribution < 1.29 is 0 Å². The summed E-state index contributed by atoms with van der Waals surface area (Å²) in [5.74, 6) is 2.25. The maximum Gasteiger partial charge on any atom is 0.0245 e. The number of thioether (sulfide) groups is 1. The van der Waals surface area contributed by atoms with Gasteiger partial charge in [-0.2, -0.15) is 11.8 Å². The van der Waals surface area contributed by atoms with Crippen molar-refractivity contribution in [2.24, 2.45) is 5.92 Å². The average molecular weight is 116 g/mol. The smallest absolute Gasteiger partial charge is 0.0245 e. The van der Waals surface area contributed by atoms with Gasteiger partial charge < -0.3 is 0 Å². The van der Waals surface area contributed by atoms with E-state index in [1.54, 1.807) is 0 Å². The summed E-state index contributed by atoms with van der Waals surface area (Å²) in [5.41, 5.74) is 0. The van der Waals surface area contributed by atoms with Gasteiger partial charge >= 0.3 is 0 Å². The molecule has 0 saturated carbocycles. The fraction of sp³-hybridized carbons (Fsp3) is 1.00. The molecule has 0 bridgehead atoms. The minimum atomic E-state index is 0.667. The Morgan fingerprint density at radius 1 is 1.57 bits per heavy atom. The molecule has 42 valence electrons. The molecule has 1 fully saturated rings. The van der Waals surface area contributed by atoms with Crippen LogP contribution in [0.3, 0.4) is 0 Å². The van der Waals surface area contributed by atoms with Crippen molar-refractivity contribution in [2.45, 2.75) is 25.5 Å². The first-order valence-corrected chi connectivity index (χ1v) is 3.78. The molecule has 0 N–H and O–H groups in total. The Morgan fingerprint density at radius 2 is 2.00 bits per heavy atom. The molecule has 0 aromatic carbocycles. The average Bonchev–Trinajstić information content (AvgIpc) is 2.21. The zero-order valence-electron chi connectivity index (χ0n) is 5.19. The van der Waals surface area contributed by atoms with E-state index in [1.165, 1.54) is 5.75 Å². The molecule has 1 heterocycles. The van der Waals surface area contributed by atoms with Gasteiger partial charge in [0.1, 0.15) is 0 Å². The van der Waals surface area contributed by atoms with E-state index in [4.69, 9.17) is 0 Å². The molecular formula is C6H12S. The highest BCUT2D eigenvalue weighted by Gasteiger charge is 2.41. The Kier molecular flexibility index (Phi) is 1.11. The third kappa shape index (κ3) is 0.933. The highest BCUT2D eigenvalue weighted by Crippen LogP contribution is 2.49. The van der Waals surface area contributed by atoms with E-state index in [0.29, 0.717) is 4.75 Å². The largest absolute Gasteiger partial charge is 0.153 e. The third-order valence-electron chi connectivity index (χ3n) is 1.82. The van der Waals surface area contributed by atoms with Crippen LogP contribution in [0, 0.1) is 5.92 Å². The lowest BCUT2D eigenvalue weighted by Gasteiger charge is -2.08. The number of rotatable bonds is 1. The Morgan fingerprint density at radius 3 is 2.00 bits per heavy atom. The van der Waals surface area contributed by atoms with Crippen LogP contribution in [0.4, 0.5) is 0 Å². The molecule has 0 aromatic heterocycles. The minimum Gasteiger partial charge on any atom is -0.153 e. The van der Waals surface area contributed by atoms with Crippen LogP contribution < -0.4 is 0 Å². The van der Waals surface area contributed by atoms with Crippen molar-refractivity contribution in [1.29, 1.82) is 0 Å². The predicted octanol–water partition coefficient (Wildman–Crippen LogP) is 2.15. The van der Waals surface area contributed by atoms with Gasteiger partial charge in [-0.25, -0.2) is 0 Å². The Hall–Kier alpha value is 0.350. The van der Waals surface area contributed by atoms with E-state index in [1.807, 2.05) is 0 Å². The van der Waals surface area contributed by atoms with Gasteiger partial charge in [-0.3, -0.25) is 0 Å². The minimum absolute atomic E-state index is 0.667. The predicted molar refractivity (Wildman–Crippen MR) is 35.7 cm³/mol.